The van der Waals surface area contributed by atoms with Gasteiger partial charge in [-0.1, -0.05) is 6.07 Å². The molecule has 7 heteroatoms. The fraction of sp³-hybridized carbons (Fsp3) is 0.500. The van der Waals surface area contributed by atoms with Gasteiger partial charge in [-0.3, -0.25) is 10.1 Å². The van der Waals surface area contributed by atoms with Crippen molar-refractivity contribution in [3.8, 4) is 0 Å². The molecule has 19 heavy (non-hydrogen) atoms. The molecule has 0 aliphatic rings. The van der Waals surface area contributed by atoms with Crippen LogP contribution in [0.1, 0.15) is 19.4 Å². The van der Waals surface area contributed by atoms with Gasteiger partial charge in [0.1, 0.15) is 0 Å². The van der Waals surface area contributed by atoms with E-state index in [1.165, 1.54) is 12.1 Å². The molecule has 0 heterocycles. The summed E-state index contributed by atoms with van der Waals surface area (Å²) in [5.74, 6) is -0.193. The number of ether oxygens (including phenoxy) is 1. The molecule has 0 unspecified atom stereocenters. The number of nitrogens with zero attached hydrogens (tertiary/aromatic N) is 1. The van der Waals surface area contributed by atoms with Crippen LogP contribution in [-0.4, -0.2) is 31.8 Å². The van der Waals surface area contributed by atoms with Gasteiger partial charge in [-0.25, -0.2) is 8.42 Å². The van der Waals surface area contributed by atoms with E-state index in [0.717, 1.165) is 6.07 Å². The summed E-state index contributed by atoms with van der Waals surface area (Å²) in [5, 5.41) is 10.8. The smallest absolute Gasteiger partial charge is 0.273 e. The molecule has 0 saturated heterocycles. The van der Waals surface area contributed by atoms with E-state index in [2.05, 4.69) is 0 Å². The third kappa shape index (κ3) is 4.00. The second-order valence-electron chi connectivity index (χ2n) is 4.25. The number of aryl methyl sites for hydroxylation is 1. The summed E-state index contributed by atoms with van der Waals surface area (Å²) < 4.78 is 29.4. The van der Waals surface area contributed by atoms with E-state index in [1.807, 2.05) is 0 Å². The Labute approximate surface area is 112 Å². The molecule has 0 aliphatic carbocycles. The normalized spacial score (nSPS) is 13.2. The van der Waals surface area contributed by atoms with Crippen molar-refractivity contribution in [1.82, 2.24) is 0 Å². The number of rotatable bonds is 6. The lowest BCUT2D eigenvalue weighted by Crippen LogP contribution is -2.21. The van der Waals surface area contributed by atoms with E-state index < -0.39 is 20.9 Å². The predicted octanol–water partition coefficient (Wildman–Crippen LogP) is 2.10. The second kappa shape index (κ2) is 6.12. The molecular formula is C12H17NO5S. The molecule has 1 atom stereocenters. The number of benzene rings is 1. The first-order valence-corrected chi connectivity index (χ1v) is 7.52. The van der Waals surface area contributed by atoms with Crippen molar-refractivity contribution in [2.75, 3.05) is 12.4 Å². The first-order valence-electron chi connectivity index (χ1n) is 5.87. The largest absolute Gasteiger partial charge is 0.378 e. The van der Waals surface area contributed by atoms with Crippen LogP contribution in [0.15, 0.2) is 23.1 Å². The molecule has 0 bridgehead atoms. The van der Waals surface area contributed by atoms with Crippen LogP contribution in [-0.2, 0) is 14.6 Å². The van der Waals surface area contributed by atoms with Crippen molar-refractivity contribution in [1.29, 1.82) is 0 Å². The zero-order valence-corrected chi connectivity index (χ0v) is 11.9. The number of nitro groups is 1. The summed E-state index contributed by atoms with van der Waals surface area (Å²) in [4.78, 5) is 10.2. The van der Waals surface area contributed by atoms with Crippen LogP contribution in [0.5, 0.6) is 0 Å². The van der Waals surface area contributed by atoms with E-state index in [1.54, 1.807) is 20.8 Å². The standard InChI is InChI=1S/C12H17NO5S/c1-4-18-10(3)8-19(16,17)11-6-5-9(2)12(7-11)13(14)15/h5-7,10H,4,8H2,1-3H3/t10-/m0/s1. The minimum absolute atomic E-state index is 0.0450. The van der Waals surface area contributed by atoms with Crippen LogP contribution >= 0.6 is 0 Å². The molecule has 0 aromatic heterocycles. The van der Waals surface area contributed by atoms with Crippen molar-refractivity contribution in [3.63, 3.8) is 0 Å². The second-order valence-corrected chi connectivity index (χ2v) is 6.29. The zero-order valence-electron chi connectivity index (χ0n) is 11.1. The maximum atomic E-state index is 12.1. The van der Waals surface area contributed by atoms with Crippen molar-refractivity contribution in [2.45, 2.75) is 31.8 Å². The SMILES string of the molecule is CCO[C@@H](C)CS(=O)(=O)c1ccc(C)c([N+](=O)[O-])c1. The Morgan fingerprint density at radius 2 is 2.05 bits per heavy atom. The topological polar surface area (TPSA) is 86.5 Å². The molecule has 0 N–H and O–H groups in total. The molecule has 1 aromatic carbocycles. The molecule has 0 saturated carbocycles. The Hall–Kier alpha value is -1.47. The third-order valence-electron chi connectivity index (χ3n) is 2.64. The molecule has 0 spiro atoms. The molecule has 0 amide bonds. The van der Waals surface area contributed by atoms with E-state index in [9.17, 15) is 18.5 Å². The van der Waals surface area contributed by atoms with Crippen molar-refractivity contribution >= 4 is 15.5 Å². The minimum Gasteiger partial charge on any atom is -0.378 e. The summed E-state index contributed by atoms with van der Waals surface area (Å²) in [6.45, 7) is 5.42. The van der Waals surface area contributed by atoms with Crippen LogP contribution < -0.4 is 0 Å². The van der Waals surface area contributed by atoms with Gasteiger partial charge in [0.05, 0.1) is 21.7 Å². The van der Waals surface area contributed by atoms with Gasteiger partial charge in [0.25, 0.3) is 5.69 Å². The Morgan fingerprint density at radius 3 is 2.58 bits per heavy atom. The highest BCUT2D eigenvalue weighted by molar-refractivity contribution is 7.91. The monoisotopic (exact) mass is 287 g/mol. The Balaban J connectivity index is 3.08. The van der Waals surface area contributed by atoms with Crippen molar-refractivity contribution < 1.29 is 18.1 Å². The summed E-state index contributed by atoms with van der Waals surface area (Å²) in [7, 11) is -3.58. The van der Waals surface area contributed by atoms with Crippen LogP contribution in [0.2, 0.25) is 0 Å². The van der Waals surface area contributed by atoms with E-state index in [4.69, 9.17) is 4.74 Å². The van der Waals surface area contributed by atoms with E-state index >= 15 is 0 Å². The lowest BCUT2D eigenvalue weighted by Gasteiger charge is -2.12. The van der Waals surface area contributed by atoms with Gasteiger partial charge < -0.3 is 4.74 Å². The molecule has 1 rings (SSSR count). The quantitative estimate of drug-likeness (QED) is 0.590. The molecular weight excluding hydrogens is 270 g/mol. The lowest BCUT2D eigenvalue weighted by atomic mass is 10.2. The molecule has 6 nitrogen and oxygen atoms in total. The van der Waals surface area contributed by atoms with Gasteiger partial charge in [0.15, 0.2) is 9.84 Å². The molecule has 106 valence electrons. The lowest BCUT2D eigenvalue weighted by molar-refractivity contribution is -0.385. The number of hydrogen-bond acceptors (Lipinski definition) is 5. The highest BCUT2D eigenvalue weighted by atomic mass is 32.2. The van der Waals surface area contributed by atoms with Gasteiger partial charge in [-0.2, -0.15) is 0 Å². The molecule has 0 aliphatic heterocycles. The van der Waals surface area contributed by atoms with Gasteiger partial charge >= 0.3 is 0 Å². The highest BCUT2D eigenvalue weighted by Crippen LogP contribution is 2.23. The van der Waals surface area contributed by atoms with Gasteiger partial charge in [-0.05, 0) is 26.8 Å². The number of sulfone groups is 1. The van der Waals surface area contributed by atoms with Gasteiger partial charge in [0.2, 0.25) is 0 Å². The third-order valence-corrected chi connectivity index (χ3v) is 4.52. The average Bonchev–Trinajstić information content (AvgIpc) is 2.28. The molecule has 0 fully saturated rings. The number of nitro benzene ring substituents is 1. The molecule has 0 radical (unpaired) electrons. The maximum absolute atomic E-state index is 12.1. The maximum Gasteiger partial charge on any atom is 0.273 e. The predicted molar refractivity (Wildman–Crippen MR) is 71.0 cm³/mol. The van der Waals surface area contributed by atoms with Gasteiger partial charge in [-0.15, -0.1) is 0 Å². The highest BCUT2D eigenvalue weighted by Gasteiger charge is 2.22. The van der Waals surface area contributed by atoms with Crippen molar-refractivity contribution in [2.24, 2.45) is 0 Å². The Kier molecular flexibility index (Phi) is 5.02. The summed E-state index contributed by atoms with van der Waals surface area (Å²) in [6, 6.07) is 3.93. The first-order chi connectivity index (χ1) is 8.77. The van der Waals surface area contributed by atoms with Crippen LogP contribution in [0.25, 0.3) is 0 Å². The van der Waals surface area contributed by atoms with Crippen LogP contribution in [0.4, 0.5) is 5.69 Å². The fourth-order valence-corrected chi connectivity index (χ4v) is 3.19. The Bertz CT molecular complexity index is 567. The average molecular weight is 287 g/mol. The fourth-order valence-electron chi connectivity index (χ4n) is 1.72. The zero-order chi connectivity index (χ0) is 14.6. The first kappa shape index (κ1) is 15.6. The van der Waals surface area contributed by atoms with E-state index in [0.29, 0.717) is 12.2 Å². The van der Waals surface area contributed by atoms with Crippen LogP contribution in [0.3, 0.4) is 0 Å². The van der Waals surface area contributed by atoms with Crippen LogP contribution in [0, 0.1) is 17.0 Å². The van der Waals surface area contributed by atoms with Crippen molar-refractivity contribution in [3.05, 3.63) is 33.9 Å². The number of hydrogen-bond donors (Lipinski definition) is 0. The minimum atomic E-state index is -3.58. The summed E-state index contributed by atoms with van der Waals surface area (Å²) in [5.41, 5.74) is 0.243. The summed E-state index contributed by atoms with van der Waals surface area (Å²) >= 11 is 0. The summed E-state index contributed by atoms with van der Waals surface area (Å²) in [6.07, 6.45) is -0.449. The van der Waals surface area contributed by atoms with Gasteiger partial charge in [0, 0.05) is 18.2 Å². The molecule has 1 aromatic rings. The van der Waals surface area contributed by atoms with E-state index in [-0.39, 0.29) is 16.3 Å². The Morgan fingerprint density at radius 1 is 1.42 bits per heavy atom.